The van der Waals surface area contributed by atoms with Gasteiger partial charge in [-0.15, -0.1) is 11.8 Å². The average molecular weight is 362 g/mol. The maximum atomic E-state index is 9.51. The lowest BCUT2D eigenvalue weighted by Crippen LogP contribution is -2.05. The summed E-state index contributed by atoms with van der Waals surface area (Å²) in [4.78, 5) is 1.03. The zero-order valence-electron chi connectivity index (χ0n) is 15.4. The Balaban J connectivity index is 1.72. The van der Waals surface area contributed by atoms with Crippen LogP contribution in [0.25, 0.3) is 0 Å². The predicted octanol–water partition coefficient (Wildman–Crippen LogP) is 5.93. The molecule has 1 aliphatic carbocycles. The number of nitrogens with one attached hydrogen (secondary N) is 1. The third kappa shape index (κ3) is 4.00. The van der Waals surface area contributed by atoms with Gasteiger partial charge in [-0.1, -0.05) is 50.3 Å². The second kappa shape index (κ2) is 7.80. The summed E-state index contributed by atoms with van der Waals surface area (Å²) in [6.45, 7) is 10.5. The summed E-state index contributed by atoms with van der Waals surface area (Å²) in [5, 5.41) is 14.2. The molecule has 4 heteroatoms. The van der Waals surface area contributed by atoms with Crippen LogP contribution in [0.1, 0.15) is 38.7 Å². The predicted molar refractivity (Wildman–Crippen MR) is 112 cm³/mol. The maximum Gasteiger partial charge on any atom is 0.168 e. The highest BCUT2D eigenvalue weighted by Crippen LogP contribution is 2.43. The van der Waals surface area contributed by atoms with E-state index in [0.717, 1.165) is 17.0 Å². The third-order valence-corrected chi connectivity index (χ3v) is 5.92. The molecular weight excluding hydrogens is 338 g/mol. The molecule has 0 bridgehead atoms. The first-order chi connectivity index (χ1) is 12.5. The molecule has 0 aromatic heterocycles. The van der Waals surface area contributed by atoms with Crippen LogP contribution in [0.15, 0.2) is 75.8 Å². The number of anilines is 1. The molecule has 0 amide bonds. The van der Waals surface area contributed by atoms with Crippen molar-refractivity contribution in [1.82, 2.24) is 0 Å². The van der Waals surface area contributed by atoms with Gasteiger partial charge in [-0.3, -0.25) is 5.43 Å². The number of hydrogen-bond acceptors (Lipinski definition) is 4. The summed E-state index contributed by atoms with van der Waals surface area (Å²) in [5.74, 6) is 0.490. The normalized spacial score (nSPS) is 19.3. The van der Waals surface area contributed by atoms with Crippen molar-refractivity contribution in [2.75, 3.05) is 5.43 Å². The minimum Gasteiger partial charge on any atom is -0.277 e. The number of nitriles is 1. The lowest BCUT2D eigenvalue weighted by molar-refractivity contribution is 0.867. The van der Waals surface area contributed by atoms with Gasteiger partial charge >= 0.3 is 0 Å². The van der Waals surface area contributed by atoms with E-state index in [4.69, 9.17) is 0 Å². The SMILES string of the molecule is C=C(C1=CC2=CC(C)=CC[C@H]2S1)/C(C#N)=N/Nc1ccc(C(C)C)cc1. The number of rotatable bonds is 5. The van der Waals surface area contributed by atoms with Crippen molar-refractivity contribution in [1.29, 1.82) is 5.26 Å². The summed E-state index contributed by atoms with van der Waals surface area (Å²) in [5.41, 5.74) is 8.71. The Kier molecular flexibility index (Phi) is 5.49. The first-order valence-corrected chi connectivity index (χ1v) is 9.66. The van der Waals surface area contributed by atoms with Crippen LogP contribution in [0.5, 0.6) is 0 Å². The molecule has 0 unspecified atom stereocenters. The molecule has 1 aromatic rings. The Labute approximate surface area is 159 Å². The molecule has 0 saturated heterocycles. The molecule has 132 valence electrons. The highest BCUT2D eigenvalue weighted by atomic mass is 32.2. The Morgan fingerprint density at radius 3 is 2.69 bits per heavy atom. The summed E-state index contributed by atoms with van der Waals surface area (Å²) >= 11 is 1.76. The highest BCUT2D eigenvalue weighted by Gasteiger charge is 2.26. The van der Waals surface area contributed by atoms with E-state index in [0.29, 0.717) is 22.5 Å². The van der Waals surface area contributed by atoms with Gasteiger partial charge in [-0.2, -0.15) is 10.4 Å². The van der Waals surface area contributed by atoms with Gasteiger partial charge in [0.05, 0.1) is 5.69 Å². The molecule has 0 fully saturated rings. The molecule has 1 aromatic carbocycles. The Hall–Kier alpha value is -2.51. The minimum atomic E-state index is 0.320. The van der Waals surface area contributed by atoms with Crippen molar-refractivity contribution < 1.29 is 0 Å². The molecule has 26 heavy (non-hydrogen) atoms. The van der Waals surface area contributed by atoms with Gasteiger partial charge in [-0.05, 0) is 48.6 Å². The Morgan fingerprint density at radius 1 is 1.31 bits per heavy atom. The quantitative estimate of drug-likeness (QED) is 0.522. The van der Waals surface area contributed by atoms with Gasteiger partial charge in [0.2, 0.25) is 0 Å². The van der Waals surface area contributed by atoms with Crippen molar-refractivity contribution in [3.05, 3.63) is 76.3 Å². The van der Waals surface area contributed by atoms with Crippen molar-refractivity contribution >= 4 is 23.2 Å². The van der Waals surface area contributed by atoms with E-state index in [1.54, 1.807) is 11.8 Å². The number of fused-ring (bicyclic) bond motifs is 1. The van der Waals surface area contributed by atoms with E-state index in [2.05, 4.69) is 74.3 Å². The van der Waals surface area contributed by atoms with E-state index < -0.39 is 0 Å². The summed E-state index contributed by atoms with van der Waals surface area (Å²) in [7, 11) is 0. The smallest absolute Gasteiger partial charge is 0.168 e. The van der Waals surface area contributed by atoms with E-state index >= 15 is 0 Å². The van der Waals surface area contributed by atoms with E-state index in [-0.39, 0.29) is 0 Å². The molecule has 2 aliphatic rings. The molecule has 3 nitrogen and oxygen atoms in total. The monoisotopic (exact) mass is 361 g/mol. The standard InChI is InChI=1S/C22H23N3S/c1-14(2)17-6-8-19(9-7-17)24-25-20(13-23)16(4)22-12-18-11-15(3)5-10-21(18)26-22/h5-9,11-12,14,21,24H,4,10H2,1-3H3/b25-20+/t21-/m1/s1. The molecular formula is C22H23N3S. The van der Waals surface area contributed by atoms with E-state index in [1.807, 2.05) is 12.1 Å². The van der Waals surface area contributed by atoms with Crippen LogP contribution in [0.4, 0.5) is 5.69 Å². The van der Waals surface area contributed by atoms with Gasteiger partial charge in [0, 0.05) is 15.7 Å². The van der Waals surface area contributed by atoms with Crippen LogP contribution in [-0.2, 0) is 0 Å². The van der Waals surface area contributed by atoms with Gasteiger partial charge < -0.3 is 0 Å². The fourth-order valence-electron chi connectivity index (χ4n) is 2.93. The van der Waals surface area contributed by atoms with Gasteiger partial charge in [0.15, 0.2) is 5.71 Å². The van der Waals surface area contributed by atoms with Crippen LogP contribution in [0, 0.1) is 11.3 Å². The second-order valence-electron chi connectivity index (χ2n) is 6.88. The lowest BCUT2D eigenvalue weighted by Gasteiger charge is -2.14. The van der Waals surface area contributed by atoms with E-state index in [9.17, 15) is 5.26 Å². The first kappa shape index (κ1) is 18.3. The number of benzene rings is 1. The Bertz CT molecular complexity index is 877. The molecule has 3 rings (SSSR count). The van der Waals surface area contributed by atoms with Crippen molar-refractivity contribution in [3.63, 3.8) is 0 Å². The molecule has 1 atom stereocenters. The number of thioether (sulfide) groups is 1. The minimum absolute atomic E-state index is 0.320. The van der Waals surface area contributed by atoms with Crippen molar-refractivity contribution in [3.8, 4) is 6.07 Å². The molecule has 1 N–H and O–H groups in total. The summed E-state index contributed by atoms with van der Waals surface area (Å²) in [6, 6.07) is 10.3. The van der Waals surface area contributed by atoms with Crippen molar-refractivity contribution in [2.45, 2.75) is 38.4 Å². The average Bonchev–Trinajstić information content (AvgIpc) is 3.05. The number of hydrazone groups is 1. The molecule has 1 aliphatic heterocycles. The molecule has 0 radical (unpaired) electrons. The fraction of sp³-hybridized carbons (Fsp3) is 0.273. The van der Waals surface area contributed by atoms with Gasteiger partial charge in [0.1, 0.15) is 6.07 Å². The van der Waals surface area contributed by atoms with Crippen LogP contribution >= 0.6 is 11.8 Å². The number of nitrogens with zero attached hydrogens (tertiary/aromatic N) is 2. The molecule has 0 saturated carbocycles. The summed E-state index contributed by atoms with van der Waals surface area (Å²) in [6.07, 6.45) is 7.62. The fourth-order valence-corrected chi connectivity index (χ4v) is 4.15. The molecule has 1 heterocycles. The second-order valence-corrected chi connectivity index (χ2v) is 8.13. The number of hydrogen-bond donors (Lipinski definition) is 1. The zero-order valence-corrected chi connectivity index (χ0v) is 16.2. The maximum absolute atomic E-state index is 9.51. The summed E-state index contributed by atoms with van der Waals surface area (Å²) < 4.78 is 0. The van der Waals surface area contributed by atoms with Crippen LogP contribution in [-0.4, -0.2) is 11.0 Å². The lowest BCUT2D eigenvalue weighted by atomic mass is 9.99. The third-order valence-electron chi connectivity index (χ3n) is 4.55. The van der Waals surface area contributed by atoms with Gasteiger partial charge in [0.25, 0.3) is 0 Å². The van der Waals surface area contributed by atoms with Crippen LogP contribution < -0.4 is 5.43 Å². The topological polar surface area (TPSA) is 48.2 Å². The largest absolute Gasteiger partial charge is 0.277 e. The van der Waals surface area contributed by atoms with Gasteiger partial charge in [-0.25, -0.2) is 0 Å². The highest BCUT2D eigenvalue weighted by molar-refractivity contribution is 8.04. The Morgan fingerprint density at radius 2 is 2.04 bits per heavy atom. The van der Waals surface area contributed by atoms with Crippen LogP contribution in [0.2, 0.25) is 0 Å². The molecule has 0 spiro atoms. The zero-order chi connectivity index (χ0) is 18.7. The number of allylic oxidation sites excluding steroid dienone is 5. The first-order valence-electron chi connectivity index (χ1n) is 8.78. The van der Waals surface area contributed by atoms with Crippen molar-refractivity contribution in [2.24, 2.45) is 5.10 Å². The van der Waals surface area contributed by atoms with E-state index in [1.165, 1.54) is 16.7 Å². The van der Waals surface area contributed by atoms with Crippen LogP contribution in [0.3, 0.4) is 0 Å².